The van der Waals surface area contributed by atoms with Gasteiger partial charge >= 0.3 is 6.09 Å². The third kappa shape index (κ3) is 3.75. The van der Waals surface area contributed by atoms with Gasteiger partial charge in [-0.1, -0.05) is 6.07 Å². The summed E-state index contributed by atoms with van der Waals surface area (Å²) in [5, 5.41) is 0. The predicted octanol–water partition coefficient (Wildman–Crippen LogP) is 2.23. The van der Waals surface area contributed by atoms with E-state index in [2.05, 4.69) is 0 Å². The highest BCUT2D eigenvalue weighted by molar-refractivity contribution is 5.97. The summed E-state index contributed by atoms with van der Waals surface area (Å²) in [4.78, 5) is 27.9. The fourth-order valence-electron chi connectivity index (χ4n) is 2.86. The molecule has 6 heteroatoms. The highest BCUT2D eigenvalue weighted by Crippen LogP contribution is 2.26. The zero-order chi connectivity index (χ0) is 17.0. The van der Waals surface area contributed by atoms with Crippen molar-refractivity contribution in [3.05, 3.63) is 28.8 Å². The first-order valence-corrected chi connectivity index (χ1v) is 7.84. The molecule has 0 unspecified atom stereocenters. The molecule has 1 heterocycles. The van der Waals surface area contributed by atoms with Crippen LogP contribution in [0.2, 0.25) is 0 Å². The minimum Gasteiger partial charge on any atom is -0.496 e. The molecule has 1 aliphatic heterocycles. The highest BCUT2D eigenvalue weighted by Gasteiger charge is 2.27. The van der Waals surface area contributed by atoms with Gasteiger partial charge in [0, 0.05) is 26.2 Å². The number of hydrogen-bond acceptors (Lipinski definition) is 4. The molecule has 126 valence electrons. The first kappa shape index (κ1) is 17.1. The van der Waals surface area contributed by atoms with Crippen molar-refractivity contribution in [2.45, 2.75) is 20.8 Å². The smallest absolute Gasteiger partial charge is 0.409 e. The van der Waals surface area contributed by atoms with Crippen LogP contribution in [0.3, 0.4) is 0 Å². The molecule has 1 aromatic rings. The zero-order valence-electron chi connectivity index (χ0n) is 14.2. The van der Waals surface area contributed by atoms with E-state index < -0.39 is 0 Å². The van der Waals surface area contributed by atoms with E-state index in [1.165, 1.54) is 0 Å². The average Bonchev–Trinajstić information content (AvgIpc) is 2.54. The van der Waals surface area contributed by atoms with Gasteiger partial charge in [-0.15, -0.1) is 0 Å². The van der Waals surface area contributed by atoms with Gasteiger partial charge < -0.3 is 19.3 Å². The summed E-state index contributed by atoms with van der Waals surface area (Å²) >= 11 is 0. The number of hydrogen-bond donors (Lipinski definition) is 0. The Morgan fingerprint density at radius 3 is 2.26 bits per heavy atom. The number of piperazine rings is 1. The third-order valence-electron chi connectivity index (χ3n) is 3.95. The molecule has 0 saturated carbocycles. The van der Waals surface area contributed by atoms with Crippen molar-refractivity contribution < 1.29 is 19.1 Å². The van der Waals surface area contributed by atoms with Crippen LogP contribution >= 0.6 is 0 Å². The molecule has 0 atom stereocenters. The van der Waals surface area contributed by atoms with Crippen LogP contribution in [0.15, 0.2) is 12.1 Å². The van der Waals surface area contributed by atoms with Crippen LogP contribution in [0, 0.1) is 13.8 Å². The van der Waals surface area contributed by atoms with Gasteiger partial charge in [0.15, 0.2) is 0 Å². The molecule has 0 aliphatic carbocycles. The maximum Gasteiger partial charge on any atom is 0.409 e. The number of benzene rings is 1. The molecule has 1 aromatic carbocycles. The topological polar surface area (TPSA) is 59.1 Å². The molecule has 1 aliphatic rings. The largest absolute Gasteiger partial charge is 0.496 e. The van der Waals surface area contributed by atoms with E-state index in [0.717, 1.165) is 11.1 Å². The Bertz CT molecular complexity index is 593. The second kappa shape index (κ2) is 7.35. The number of ether oxygens (including phenoxy) is 2. The number of carbonyl (C=O) groups excluding carboxylic acids is 2. The maximum absolute atomic E-state index is 12.8. The lowest BCUT2D eigenvalue weighted by Crippen LogP contribution is -2.50. The van der Waals surface area contributed by atoms with E-state index in [4.69, 9.17) is 9.47 Å². The zero-order valence-corrected chi connectivity index (χ0v) is 14.2. The van der Waals surface area contributed by atoms with Crippen LogP contribution in [0.4, 0.5) is 4.79 Å². The average molecular weight is 320 g/mol. The fraction of sp³-hybridized carbons (Fsp3) is 0.529. The number of carbonyl (C=O) groups is 2. The van der Waals surface area contributed by atoms with Crippen molar-refractivity contribution in [2.75, 3.05) is 39.9 Å². The number of amides is 2. The van der Waals surface area contributed by atoms with Crippen molar-refractivity contribution in [1.82, 2.24) is 9.80 Å². The van der Waals surface area contributed by atoms with Gasteiger partial charge in [-0.25, -0.2) is 4.79 Å². The van der Waals surface area contributed by atoms with E-state index in [0.29, 0.717) is 44.1 Å². The van der Waals surface area contributed by atoms with Gasteiger partial charge in [0.05, 0.1) is 19.3 Å². The molecular formula is C17H24N2O4. The monoisotopic (exact) mass is 320 g/mol. The normalized spacial score (nSPS) is 14.6. The van der Waals surface area contributed by atoms with Crippen molar-refractivity contribution in [3.8, 4) is 5.75 Å². The van der Waals surface area contributed by atoms with Gasteiger partial charge in [-0.3, -0.25) is 4.79 Å². The number of rotatable bonds is 3. The quantitative estimate of drug-likeness (QED) is 0.857. The Morgan fingerprint density at radius 2 is 1.70 bits per heavy atom. The molecule has 0 spiro atoms. The molecule has 1 fully saturated rings. The summed E-state index contributed by atoms with van der Waals surface area (Å²) in [5.74, 6) is 0.561. The first-order valence-electron chi connectivity index (χ1n) is 7.84. The molecule has 23 heavy (non-hydrogen) atoms. The molecule has 0 N–H and O–H groups in total. The van der Waals surface area contributed by atoms with Gasteiger partial charge in [0.25, 0.3) is 5.91 Å². The molecule has 0 radical (unpaired) electrons. The predicted molar refractivity (Wildman–Crippen MR) is 87.0 cm³/mol. The van der Waals surface area contributed by atoms with Crippen LogP contribution in [0.1, 0.15) is 28.4 Å². The SMILES string of the molecule is CCOC(=O)N1CCN(C(=O)c2cc(C)cc(C)c2OC)CC1. The van der Waals surface area contributed by atoms with Gasteiger partial charge in [-0.2, -0.15) is 0 Å². The highest BCUT2D eigenvalue weighted by atomic mass is 16.6. The molecule has 0 bridgehead atoms. The van der Waals surface area contributed by atoms with Gasteiger partial charge in [-0.05, 0) is 38.0 Å². The summed E-state index contributed by atoms with van der Waals surface area (Å²) in [6.45, 7) is 7.99. The van der Waals surface area contributed by atoms with Crippen molar-refractivity contribution in [2.24, 2.45) is 0 Å². The number of methoxy groups -OCH3 is 1. The lowest BCUT2D eigenvalue weighted by Gasteiger charge is -2.34. The summed E-state index contributed by atoms with van der Waals surface area (Å²) in [6.07, 6.45) is -0.316. The lowest BCUT2D eigenvalue weighted by molar-refractivity contribution is 0.0567. The fourth-order valence-corrected chi connectivity index (χ4v) is 2.86. The van der Waals surface area contributed by atoms with E-state index in [1.807, 2.05) is 26.0 Å². The second-order valence-electron chi connectivity index (χ2n) is 5.64. The standard InChI is InChI=1S/C17H24N2O4/c1-5-23-17(21)19-8-6-18(7-9-19)16(20)14-11-12(2)10-13(3)15(14)22-4/h10-11H,5-9H2,1-4H3. The lowest BCUT2D eigenvalue weighted by atomic mass is 10.0. The number of aryl methyl sites for hydroxylation is 2. The van der Waals surface area contributed by atoms with Gasteiger partial charge in [0.1, 0.15) is 5.75 Å². The summed E-state index contributed by atoms with van der Waals surface area (Å²) < 4.78 is 10.4. The van der Waals surface area contributed by atoms with Crippen molar-refractivity contribution in [3.63, 3.8) is 0 Å². The Morgan fingerprint density at radius 1 is 1.09 bits per heavy atom. The van der Waals surface area contributed by atoms with Crippen molar-refractivity contribution in [1.29, 1.82) is 0 Å². The van der Waals surface area contributed by atoms with Crippen LogP contribution in [0.25, 0.3) is 0 Å². The van der Waals surface area contributed by atoms with E-state index in [-0.39, 0.29) is 12.0 Å². The van der Waals surface area contributed by atoms with Crippen molar-refractivity contribution >= 4 is 12.0 Å². The first-order chi connectivity index (χ1) is 11.0. The number of nitrogens with zero attached hydrogens (tertiary/aromatic N) is 2. The molecule has 0 aromatic heterocycles. The maximum atomic E-state index is 12.8. The van der Waals surface area contributed by atoms with E-state index in [1.54, 1.807) is 23.8 Å². The molecule has 2 amide bonds. The summed E-state index contributed by atoms with van der Waals surface area (Å²) in [6, 6.07) is 3.85. The minimum atomic E-state index is -0.316. The molecule has 1 saturated heterocycles. The van der Waals surface area contributed by atoms with Crippen LogP contribution < -0.4 is 4.74 Å². The van der Waals surface area contributed by atoms with Crippen LogP contribution in [0.5, 0.6) is 5.75 Å². The Hall–Kier alpha value is -2.24. The summed E-state index contributed by atoms with van der Waals surface area (Å²) in [5.41, 5.74) is 2.55. The Labute approximate surface area is 137 Å². The van der Waals surface area contributed by atoms with Crippen LogP contribution in [-0.2, 0) is 4.74 Å². The Kier molecular flexibility index (Phi) is 5.47. The molecular weight excluding hydrogens is 296 g/mol. The van der Waals surface area contributed by atoms with E-state index >= 15 is 0 Å². The Balaban J connectivity index is 2.10. The minimum absolute atomic E-state index is 0.0582. The molecule has 2 rings (SSSR count). The van der Waals surface area contributed by atoms with E-state index in [9.17, 15) is 9.59 Å². The molecule has 6 nitrogen and oxygen atoms in total. The van der Waals surface area contributed by atoms with Crippen LogP contribution in [-0.4, -0.2) is 61.7 Å². The third-order valence-corrected chi connectivity index (χ3v) is 3.95. The summed E-state index contributed by atoms with van der Waals surface area (Å²) in [7, 11) is 1.58. The second-order valence-corrected chi connectivity index (χ2v) is 5.64. The van der Waals surface area contributed by atoms with Gasteiger partial charge in [0.2, 0.25) is 0 Å².